The van der Waals surface area contributed by atoms with Crippen LogP contribution in [0.3, 0.4) is 0 Å². The molecule has 0 aromatic heterocycles. The summed E-state index contributed by atoms with van der Waals surface area (Å²) in [5, 5.41) is 3.67. The number of nitrogens with zero attached hydrogens (tertiary/aromatic N) is 1. The Morgan fingerprint density at radius 3 is 2.82 bits per heavy atom. The smallest absolute Gasteiger partial charge is 0.0244 e. The average molecular weight is 154 g/mol. The van der Waals surface area contributed by atoms with Crippen LogP contribution in [0.15, 0.2) is 0 Å². The van der Waals surface area contributed by atoms with E-state index in [1.54, 1.807) is 0 Å². The molecule has 3 saturated heterocycles. The molecule has 2 bridgehead atoms. The second-order valence-electron chi connectivity index (χ2n) is 4.07. The topological polar surface area (TPSA) is 15.3 Å². The number of piperidine rings is 1. The summed E-state index contributed by atoms with van der Waals surface area (Å²) in [4.78, 5) is 2.52. The molecule has 3 atom stereocenters. The maximum Gasteiger partial charge on any atom is 0.0244 e. The Hall–Kier alpha value is -0.0800. The van der Waals surface area contributed by atoms with E-state index in [9.17, 15) is 0 Å². The van der Waals surface area contributed by atoms with Crippen LogP contribution in [-0.4, -0.2) is 36.6 Å². The van der Waals surface area contributed by atoms with Gasteiger partial charge in [0.2, 0.25) is 0 Å². The van der Waals surface area contributed by atoms with E-state index in [1.807, 2.05) is 0 Å². The molecule has 0 amide bonds. The van der Waals surface area contributed by atoms with E-state index >= 15 is 0 Å². The first-order valence-corrected chi connectivity index (χ1v) is 4.73. The fourth-order valence-electron chi connectivity index (χ4n) is 2.54. The number of nitrogens with one attached hydrogen (secondary N) is 1. The number of hydrogen-bond acceptors (Lipinski definition) is 2. The predicted octanol–water partition coefficient (Wildman–Crippen LogP) is 0.831. The summed E-state index contributed by atoms with van der Waals surface area (Å²) in [6, 6.07) is 2.32. The Bertz CT molecular complexity index is 142. The summed E-state index contributed by atoms with van der Waals surface area (Å²) in [5.74, 6) is 0. The number of hydrogen-bond donors (Lipinski definition) is 1. The molecule has 0 aliphatic carbocycles. The van der Waals surface area contributed by atoms with Gasteiger partial charge in [-0.25, -0.2) is 0 Å². The Labute approximate surface area is 69.0 Å². The highest BCUT2D eigenvalue weighted by atomic mass is 15.2. The quantitative estimate of drug-likeness (QED) is 0.556. The minimum Gasteiger partial charge on any atom is -0.310 e. The third kappa shape index (κ3) is 1.30. The van der Waals surface area contributed by atoms with Crippen LogP contribution in [-0.2, 0) is 0 Å². The lowest BCUT2D eigenvalue weighted by Gasteiger charge is -2.34. The number of likely N-dealkylation sites (N-methyl/N-ethyl adjacent to an activating group) is 1. The normalized spacial score (nSPS) is 45.8. The van der Waals surface area contributed by atoms with E-state index in [1.165, 1.54) is 25.8 Å². The van der Waals surface area contributed by atoms with Crippen molar-refractivity contribution in [2.45, 2.75) is 44.3 Å². The monoisotopic (exact) mass is 154 g/mol. The van der Waals surface area contributed by atoms with E-state index in [0.29, 0.717) is 6.04 Å². The van der Waals surface area contributed by atoms with Crippen molar-refractivity contribution < 1.29 is 0 Å². The lowest BCUT2D eigenvalue weighted by atomic mass is 9.95. The van der Waals surface area contributed by atoms with Gasteiger partial charge in [0.25, 0.3) is 0 Å². The van der Waals surface area contributed by atoms with Crippen LogP contribution in [0.1, 0.15) is 26.2 Å². The van der Waals surface area contributed by atoms with Gasteiger partial charge in [0.05, 0.1) is 0 Å². The van der Waals surface area contributed by atoms with Crippen LogP contribution < -0.4 is 5.32 Å². The highest BCUT2D eigenvalue weighted by Gasteiger charge is 2.32. The van der Waals surface area contributed by atoms with Crippen LogP contribution in [0, 0.1) is 0 Å². The molecule has 3 heterocycles. The van der Waals surface area contributed by atoms with Crippen molar-refractivity contribution >= 4 is 0 Å². The van der Waals surface area contributed by atoms with Crippen molar-refractivity contribution in [3.8, 4) is 0 Å². The molecule has 3 fully saturated rings. The molecule has 1 N–H and O–H groups in total. The average Bonchev–Trinajstić information content (AvgIpc) is 2.21. The molecule has 3 aliphatic rings. The van der Waals surface area contributed by atoms with E-state index in [-0.39, 0.29) is 0 Å². The summed E-state index contributed by atoms with van der Waals surface area (Å²) >= 11 is 0. The van der Waals surface area contributed by atoms with Gasteiger partial charge in [-0.3, -0.25) is 0 Å². The van der Waals surface area contributed by atoms with Gasteiger partial charge in [0, 0.05) is 18.1 Å². The van der Waals surface area contributed by atoms with Crippen LogP contribution in [0.25, 0.3) is 0 Å². The summed E-state index contributed by atoms with van der Waals surface area (Å²) in [5.41, 5.74) is 0. The minimum atomic E-state index is 0.709. The highest BCUT2D eigenvalue weighted by molar-refractivity contribution is 4.92. The maximum atomic E-state index is 3.67. The number of fused-ring (bicyclic) bond motifs is 4. The summed E-state index contributed by atoms with van der Waals surface area (Å²) in [6.45, 7) is 3.60. The lowest BCUT2D eigenvalue weighted by molar-refractivity contribution is 0.194. The van der Waals surface area contributed by atoms with E-state index in [4.69, 9.17) is 0 Å². The fraction of sp³-hybridized carbons (Fsp3) is 1.00. The zero-order valence-electron chi connectivity index (χ0n) is 7.51. The number of rotatable bonds is 0. The molecular formula is C9H18N2. The molecule has 0 aromatic carbocycles. The van der Waals surface area contributed by atoms with Crippen LogP contribution in [0.2, 0.25) is 0 Å². The predicted molar refractivity (Wildman–Crippen MR) is 46.7 cm³/mol. The minimum absolute atomic E-state index is 0.709. The summed E-state index contributed by atoms with van der Waals surface area (Å²) in [7, 11) is 2.26. The van der Waals surface area contributed by atoms with Crippen LogP contribution >= 0.6 is 0 Å². The summed E-state index contributed by atoms with van der Waals surface area (Å²) in [6.07, 6.45) is 4.13. The molecule has 0 unspecified atom stereocenters. The third-order valence-electron chi connectivity index (χ3n) is 3.28. The molecule has 0 saturated carbocycles. The van der Waals surface area contributed by atoms with Gasteiger partial charge in [-0.15, -0.1) is 0 Å². The Morgan fingerprint density at radius 1 is 1.27 bits per heavy atom. The van der Waals surface area contributed by atoms with Crippen molar-refractivity contribution in [3.05, 3.63) is 0 Å². The molecule has 3 aliphatic heterocycles. The van der Waals surface area contributed by atoms with E-state index < -0.39 is 0 Å². The molecule has 2 nitrogen and oxygen atoms in total. The standard InChI is InChI=1S/C9H18N2/c1-7-9-4-3-8(10-7)5-6-11(9)2/h7-10H,3-6H2,1-2H3/t7-,8+,9-/m0/s1. The van der Waals surface area contributed by atoms with Crippen molar-refractivity contribution in [2.75, 3.05) is 13.6 Å². The highest BCUT2D eigenvalue weighted by Crippen LogP contribution is 2.23. The molecule has 0 radical (unpaired) electrons. The van der Waals surface area contributed by atoms with Crippen molar-refractivity contribution in [1.82, 2.24) is 10.2 Å². The first-order valence-electron chi connectivity index (χ1n) is 4.73. The molecule has 0 aromatic rings. The van der Waals surface area contributed by atoms with Gasteiger partial charge in [-0.1, -0.05) is 0 Å². The van der Waals surface area contributed by atoms with Gasteiger partial charge < -0.3 is 10.2 Å². The van der Waals surface area contributed by atoms with Crippen molar-refractivity contribution in [2.24, 2.45) is 0 Å². The lowest BCUT2D eigenvalue weighted by Crippen LogP contribution is -2.50. The van der Waals surface area contributed by atoms with Gasteiger partial charge in [0.1, 0.15) is 0 Å². The van der Waals surface area contributed by atoms with Gasteiger partial charge >= 0.3 is 0 Å². The van der Waals surface area contributed by atoms with E-state index in [0.717, 1.165) is 12.1 Å². The first-order chi connectivity index (χ1) is 5.27. The van der Waals surface area contributed by atoms with Gasteiger partial charge in [-0.05, 0) is 39.8 Å². The van der Waals surface area contributed by atoms with Gasteiger partial charge in [0.15, 0.2) is 0 Å². The maximum absolute atomic E-state index is 3.67. The van der Waals surface area contributed by atoms with Crippen LogP contribution in [0.4, 0.5) is 0 Å². The zero-order chi connectivity index (χ0) is 7.84. The SMILES string of the molecule is C[C@@H]1N[C@@H]2CC[C@@H]1N(C)CC2. The fourth-order valence-corrected chi connectivity index (χ4v) is 2.54. The Morgan fingerprint density at radius 2 is 2.09 bits per heavy atom. The Balaban J connectivity index is 2.13. The third-order valence-corrected chi connectivity index (χ3v) is 3.28. The van der Waals surface area contributed by atoms with Crippen molar-refractivity contribution in [3.63, 3.8) is 0 Å². The first kappa shape index (κ1) is 7.56. The largest absolute Gasteiger partial charge is 0.310 e. The van der Waals surface area contributed by atoms with Gasteiger partial charge in [-0.2, -0.15) is 0 Å². The molecule has 2 heteroatoms. The van der Waals surface area contributed by atoms with Crippen molar-refractivity contribution in [1.29, 1.82) is 0 Å². The second kappa shape index (κ2) is 2.76. The second-order valence-corrected chi connectivity index (χ2v) is 4.07. The molecule has 11 heavy (non-hydrogen) atoms. The molecule has 64 valence electrons. The van der Waals surface area contributed by atoms with Crippen LogP contribution in [0.5, 0.6) is 0 Å². The molecule has 3 rings (SSSR count). The van der Waals surface area contributed by atoms with E-state index in [2.05, 4.69) is 24.2 Å². The molecule has 0 spiro atoms. The molecular weight excluding hydrogens is 136 g/mol. The Kier molecular flexibility index (Phi) is 1.90. The summed E-state index contributed by atoms with van der Waals surface area (Å²) < 4.78 is 0. The zero-order valence-corrected chi connectivity index (χ0v) is 7.51.